The Morgan fingerprint density at radius 3 is 2.41 bits per heavy atom. The molecule has 0 spiro atoms. The summed E-state index contributed by atoms with van der Waals surface area (Å²) in [6.45, 7) is 0. The van der Waals surface area contributed by atoms with Gasteiger partial charge in [0.25, 0.3) is 0 Å². The van der Waals surface area contributed by atoms with Gasteiger partial charge < -0.3 is 5.11 Å². The molecule has 0 saturated carbocycles. The van der Waals surface area contributed by atoms with Gasteiger partial charge in [0.1, 0.15) is 5.52 Å². The number of nitrogens with zero attached hydrogens (tertiary/aromatic N) is 1. The Morgan fingerprint density at radius 2 is 1.68 bits per heavy atom. The number of aromatic nitrogens is 1. The highest BCUT2D eigenvalue weighted by atomic mass is 19.4. The second kappa shape index (κ2) is 4.98. The van der Waals surface area contributed by atoms with E-state index in [1.165, 1.54) is 36.5 Å². The van der Waals surface area contributed by atoms with E-state index in [1.54, 1.807) is 0 Å². The van der Waals surface area contributed by atoms with Crippen LogP contribution in [-0.2, 0) is 6.18 Å². The maximum Gasteiger partial charge on any atom is 0.417 e. The average molecular weight is 307 g/mol. The van der Waals surface area contributed by atoms with Crippen molar-refractivity contribution in [2.24, 2.45) is 0 Å². The molecule has 0 aliphatic rings. The van der Waals surface area contributed by atoms with E-state index >= 15 is 0 Å². The van der Waals surface area contributed by atoms with Crippen LogP contribution in [0.2, 0.25) is 0 Å². The molecule has 2 nitrogen and oxygen atoms in total. The Labute approximate surface area is 122 Å². The molecule has 0 fully saturated rings. The van der Waals surface area contributed by atoms with E-state index in [2.05, 4.69) is 4.98 Å². The van der Waals surface area contributed by atoms with Crippen LogP contribution in [0.15, 0.2) is 48.7 Å². The summed E-state index contributed by atoms with van der Waals surface area (Å²) in [4.78, 5) is 3.85. The first-order valence-corrected chi connectivity index (χ1v) is 6.32. The van der Waals surface area contributed by atoms with Crippen molar-refractivity contribution in [3.8, 4) is 16.9 Å². The highest BCUT2D eigenvalue weighted by Gasteiger charge is 2.34. The number of benzene rings is 2. The minimum absolute atomic E-state index is 0.0336. The van der Waals surface area contributed by atoms with Gasteiger partial charge in [-0.2, -0.15) is 13.2 Å². The fourth-order valence-electron chi connectivity index (χ4n) is 2.39. The van der Waals surface area contributed by atoms with Crippen molar-refractivity contribution in [2.45, 2.75) is 6.18 Å². The van der Waals surface area contributed by atoms with Crippen LogP contribution >= 0.6 is 0 Å². The highest BCUT2D eigenvalue weighted by molar-refractivity contribution is 5.98. The van der Waals surface area contributed by atoms with Gasteiger partial charge in [0.05, 0.1) is 5.56 Å². The average Bonchev–Trinajstić information content (AvgIpc) is 2.50. The van der Waals surface area contributed by atoms with E-state index in [9.17, 15) is 22.7 Å². The lowest BCUT2D eigenvalue weighted by atomic mass is 9.95. The fourth-order valence-corrected chi connectivity index (χ4v) is 2.39. The summed E-state index contributed by atoms with van der Waals surface area (Å²) < 4.78 is 53.3. The summed E-state index contributed by atoms with van der Waals surface area (Å²) in [7, 11) is 0. The van der Waals surface area contributed by atoms with Crippen molar-refractivity contribution < 1.29 is 22.7 Å². The second-order valence-electron chi connectivity index (χ2n) is 4.70. The molecule has 1 heterocycles. The number of hydrogen-bond acceptors (Lipinski definition) is 2. The SMILES string of the molecule is Oc1c(F)cc(-c2ccccc2C(F)(F)F)c2cccnc12. The molecule has 0 saturated heterocycles. The summed E-state index contributed by atoms with van der Waals surface area (Å²) in [6.07, 6.45) is -3.24. The predicted molar refractivity (Wildman–Crippen MR) is 73.8 cm³/mol. The Balaban J connectivity index is 2.40. The summed E-state index contributed by atoms with van der Waals surface area (Å²) >= 11 is 0. The Hall–Kier alpha value is -2.63. The van der Waals surface area contributed by atoms with Crippen molar-refractivity contribution in [2.75, 3.05) is 0 Å². The van der Waals surface area contributed by atoms with Gasteiger partial charge in [-0.25, -0.2) is 4.39 Å². The predicted octanol–water partition coefficient (Wildman–Crippen LogP) is 4.77. The monoisotopic (exact) mass is 307 g/mol. The molecule has 0 aliphatic heterocycles. The quantitative estimate of drug-likeness (QED) is 0.657. The van der Waals surface area contributed by atoms with Crippen molar-refractivity contribution in [1.82, 2.24) is 4.98 Å². The molecule has 0 aliphatic carbocycles. The van der Waals surface area contributed by atoms with Crippen LogP contribution in [0.4, 0.5) is 17.6 Å². The van der Waals surface area contributed by atoms with Crippen LogP contribution in [0.5, 0.6) is 5.75 Å². The van der Waals surface area contributed by atoms with E-state index in [-0.39, 0.29) is 22.0 Å². The summed E-state index contributed by atoms with van der Waals surface area (Å²) in [5, 5.41) is 9.95. The van der Waals surface area contributed by atoms with Crippen LogP contribution in [-0.4, -0.2) is 10.1 Å². The number of alkyl halides is 3. The lowest BCUT2D eigenvalue weighted by molar-refractivity contribution is -0.137. The largest absolute Gasteiger partial charge is 0.503 e. The van der Waals surface area contributed by atoms with Gasteiger partial charge in [0.2, 0.25) is 0 Å². The number of rotatable bonds is 1. The van der Waals surface area contributed by atoms with Crippen molar-refractivity contribution in [3.63, 3.8) is 0 Å². The van der Waals surface area contributed by atoms with Gasteiger partial charge in [-0.15, -0.1) is 0 Å². The van der Waals surface area contributed by atoms with Crippen LogP contribution in [0, 0.1) is 5.82 Å². The van der Waals surface area contributed by atoms with Gasteiger partial charge in [-0.1, -0.05) is 24.3 Å². The molecule has 112 valence electrons. The number of fused-ring (bicyclic) bond motifs is 1. The zero-order valence-electron chi connectivity index (χ0n) is 11.0. The van der Waals surface area contributed by atoms with Gasteiger partial charge in [-0.3, -0.25) is 4.98 Å². The minimum Gasteiger partial charge on any atom is -0.503 e. The zero-order valence-corrected chi connectivity index (χ0v) is 11.0. The lowest BCUT2D eigenvalue weighted by Crippen LogP contribution is -2.07. The number of pyridine rings is 1. The first-order valence-electron chi connectivity index (χ1n) is 6.32. The molecule has 1 N–H and O–H groups in total. The van der Waals surface area contributed by atoms with Crippen molar-refractivity contribution in [1.29, 1.82) is 0 Å². The summed E-state index contributed by atoms with van der Waals surface area (Å²) in [5.41, 5.74) is -1.07. The first-order chi connectivity index (χ1) is 10.4. The second-order valence-corrected chi connectivity index (χ2v) is 4.70. The molecule has 0 amide bonds. The number of phenolic OH excluding ortho intramolecular Hbond substituents is 1. The molecule has 0 atom stereocenters. The number of halogens is 4. The Kier molecular flexibility index (Phi) is 3.24. The zero-order chi connectivity index (χ0) is 15.9. The molecule has 0 bridgehead atoms. The van der Waals surface area contributed by atoms with Crippen molar-refractivity contribution in [3.05, 3.63) is 60.0 Å². The number of hydrogen-bond donors (Lipinski definition) is 1. The third-order valence-electron chi connectivity index (χ3n) is 3.34. The highest BCUT2D eigenvalue weighted by Crippen LogP contribution is 2.41. The van der Waals surface area contributed by atoms with E-state index in [0.29, 0.717) is 0 Å². The molecular formula is C16H9F4NO. The van der Waals surface area contributed by atoms with E-state index in [4.69, 9.17) is 0 Å². The number of phenols is 1. The number of aromatic hydroxyl groups is 1. The molecule has 3 aromatic rings. The van der Waals surface area contributed by atoms with Crippen LogP contribution in [0.25, 0.3) is 22.0 Å². The topological polar surface area (TPSA) is 33.1 Å². The standard InChI is InChI=1S/C16H9F4NO/c17-13-8-11(10-5-3-7-21-14(10)15(13)22)9-4-1-2-6-12(9)16(18,19)20/h1-8,22H. The van der Waals surface area contributed by atoms with E-state index < -0.39 is 23.3 Å². The third kappa shape index (κ3) is 2.26. The lowest BCUT2D eigenvalue weighted by Gasteiger charge is -2.15. The van der Waals surface area contributed by atoms with E-state index in [0.717, 1.165) is 12.1 Å². The molecule has 0 unspecified atom stereocenters. The molecule has 2 aromatic carbocycles. The molecule has 22 heavy (non-hydrogen) atoms. The maximum absolute atomic E-state index is 13.9. The molecule has 1 aromatic heterocycles. The molecule has 0 radical (unpaired) electrons. The van der Waals surface area contributed by atoms with Crippen LogP contribution in [0.3, 0.4) is 0 Å². The summed E-state index contributed by atoms with van der Waals surface area (Å²) in [5.74, 6) is -1.69. The Morgan fingerprint density at radius 1 is 0.955 bits per heavy atom. The minimum atomic E-state index is -4.57. The van der Waals surface area contributed by atoms with Gasteiger partial charge in [0, 0.05) is 11.6 Å². The normalized spacial score (nSPS) is 11.8. The molecule has 3 rings (SSSR count). The van der Waals surface area contributed by atoms with Crippen molar-refractivity contribution >= 4 is 10.9 Å². The van der Waals surface area contributed by atoms with E-state index in [1.807, 2.05) is 0 Å². The fraction of sp³-hybridized carbons (Fsp3) is 0.0625. The van der Waals surface area contributed by atoms with Gasteiger partial charge >= 0.3 is 6.18 Å². The Bertz CT molecular complexity index is 858. The molecular weight excluding hydrogens is 298 g/mol. The maximum atomic E-state index is 13.9. The van der Waals surface area contributed by atoms with Crippen LogP contribution < -0.4 is 0 Å². The molecule has 6 heteroatoms. The smallest absolute Gasteiger partial charge is 0.417 e. The van der Waals surface area contributed by atoms with Gasteiger partial charge in [-0.05, 0) is 29.3 Å². The van der Waals surface area contributed by atoms with Crippen LogP contribution in [0.1, 0.15) is 5.56 Å². The van der Waals surface area contributed by atoms with Gasteiger partial charge in [0.15, 0.2) is 11.6 Å². The first kappa shape index (κ1) is 14.3. The third-order valence-corrected chi connectivity index (χ3v) is 3.34. The summed E-state index contributed by atoms with van der Waals surface area (Å²) in [6, 6.07) is 8.80.